The quantitative estimate of drug-likeness (QED) is 0.411. The summed E-state index contributed by atoms with van der Waals surface area (Å²) in [6, 6.07) is 13.1. The lowest BCUT2D eigenvalue weighted by molar-refractivity contribution is 0.356. The summed E-state index contributed by atoms with van der Waals surface area (Å²) in [5, 5.41) is 4.30. The lowest BCUT2D eigenvalue weighted by Gasteiger charge is -2.18. The van der Waals surface area contributed by atoms with Crippen molar-refractivity contribution in [3.8, 4) is 22.6 Å². The van der Waals surface area contributed by atoms with E-state index in [1.54, 1.807) is 26.5 Å². The number of pyridine rings is 1. The summed E-state index contributed by atoms with van der Waals surface area (Å²) in [6.45, 7) is 3.88. The molecule has 8 nitrogen and oxygen atoms in total. The number of benzene rings is 2. The molecule has 176 valence electrons. The van der Waals surface area contributed by atoms with Crippen molar-refractivity contribution in [2.75, 3.05) is 25.8 Å². The highest BCUT2D eigenvalue weighted by Crippen LogP contribution is 2.35. The third-order valence-electron chi connectivity index (χ3n) is 5.53. The number of hydrogen-bond donors (Lipinski definition) is 1. The Morgan fingerprint density at radius 3 is 2.38 bits per heavy atom. The maximum absolute atomic E-state index is 11.9. The Bertz CT molecular complexity index is 1470. The smallest absolute Gasteiger partial charge is 0.177 e. The Kier molecular flexibility index (Phi) is 6.39. The molecule has 1 N–H and O–H groups in total. The Balaban J connectivity index is 1.70. The SMILES string of the molecule is COc1cc2nc(C)nc(NC(C)c3cccc(-c4cncc(S(C)(=O)=O)c4)c3)c2cc1OC. The minimum Gasteiger partial charge on any atom is -0.493 e. The zero-order chi connectivity index (χ0) is 24.5. The van der Waals surface area contributed by atoms with Crippen LogP contribution in [0.5, 0.6) is 11.5 Å². The molecule has 0 saturated carbocycles. The van der Waals surface area contributed by atoms with Gasteiger partial charge in [0.2, 0.25) is 0 Å². The highest BCUT2D eigenvalue weighted by molar-refractivity contribution is 7.90. The van der Waals surface area contributed by atoms with Crippen molar-refractivity contribution >= 4 is 26.6 Å². The highest BCUT2D eigenvalue weighted by atomic mass is 32.2. The fraction of sp³-hybridized carbons (Fsp3) is 0.240. The first-order chi connectivity index (χ1) is 16.2. The van der Waals surface area contributed by atoms with E-state index in [-0.39, 0.29) is 10.9 Å². The Hall–Kier alpha value is -3.72. The van der Waals surface area contributed by atoms with Crippen LogP contribution in [0.2, 0.25) is 0 Å². The number of anilines is 1. The zero-order valence-electron chi connectivity index (χ0n) is 19.7. The van der Waals surface area contributed by atoms with Gasteiger partial charge in [-0.3, -0.25) is 4.98 Å². The molecule has 0 amide bonds. The molecule has 2 heterocycles. The first-order valence-electron chi connectivity index (χ1n) is 10.6. The third-order valence-corrected chi connectivity index (χ3v) is 6.61. The average Bonchev–Trinajstić information content (AvgIpc) is 2.82. The molecule has 1 unspecified atom stereocenters. The molecule has 9 heteroatoms. The fourth-order valence-electron chi connectivity index (χ4n) is 3.74. The first-order valence-corrected chi connectivity index (χ1v) is 12.5. The highest BCUT2D eigenvalue weighted by Gasteiger charge is 2.15. The van der Waals surface area contributed by atoms with Gasteiger partial charge in [0, 0.05) is 41.7 Å². The van der Waals surface area contributed by atoms with E-state index in [4.69, 9.17) is 9.47 Å². The minimum atomic E-state index is -3.34. The van der Waals surface area contributed by atoms with Crippen LogP contribution in [0.3, 0.4) is 0 Å². The van der Waals surface area contributed by atoms with Crippen LogP contribution < -0.4 is 14.8 Å². The van der Waals surface area contributed by atoms with Crippen molar-refractivity contribution in [2.24, 2.45) is 0 Å². The number of fused-ring (bicyclic) bond motifs is 1. The lowest BCUT2D eigenvalue weighted by Crippen LogP contribution is -2.10. The maximum Gasteiger partial charge on any atom is 0.177 e. The standard InChI is InChI=1S/C25H26N4O4S/c1-15(17-7-6-8-18(9-17)19-10-20(14-26-13-19)34(5,30)31)27-25-21-11-23(32-3)24(33-4)12-22(21)28-16(2)29-25/h6-15H,1-5H3,(H,27,28,29). The van der Waals surface area contributed by atoms with E-state index in [0.29, 0.717) is 23.1 Å². The average molecular weight is 479 g/mol. The monoisotopic (exact) mass is 478 g/mol. The Morgan fingerprint density at radius 1 is 0.941 bits per heavy atom. The van der Waals surface area contributed by atoms with Crippen molar-refractivity contribution < 1.29 is 17.9 Å². The maximum atomic E-state index is 11.9. The third kappa shape index (κ3) is 4.79. The van der Waals surface area contributed by atoms with Gasteiger partial charge >= 0.3 is 0 Å². The number of methoxy groups -OCH3 is 2. The molecule has 4 aromatic rings. The number of nitrogens with zero attached hydrogens (tertiary/aromatic N) is 3. The lowest BCUT2D eigenvalue weighted by atomic mass is 10.0. The Labute approximate surface area is 198 Å². The van der Waals surface area contributed by atoms with Gasteiger partial charge in [0.05, 0.1) is 24.6 Å². The van der Waals surface area contributed by atoms with Crippen molar-refractivity contribution in [3.63, 3.8) is 0 Å². The van der Waals surface area contributed by atoms with Gasteiger partial charge in [0.25, 0.3) is 0 Å². The van der Waals surface area contributed by atoms with Gasteiger partial charge in [-0.1, -0.05) is 18.2 Å². The van der Waals surface area contributed by atoms with Crippen molar-refractivity contribution in [1.82, 2.24) is 15.0 Å². The van der Waals surface area contributed by atoms with Crippen molar-refractivity contribution in [3.05, 3.63) is 66.2 Å². The molecule has 0 aliphatic carbocycles. The van der Waals surface area contributed by atoms with Gasteiger partial charge in [-0.25, -0.2) is 18.4 Å². The van der Waals surface area contributed by atoms with Gasteiger partial charge in [0.15, 0.2) is 21.3 Å². The van der Waals surface area contributed by atoms with Crippen LogP contribution >= 0.6 is 0 Å². The summed E-state index contributed by atoms with van der Waals surface area (Å²) in [6.07, 6.45) is 4.19. The van der Waals surface area contributed by atoms with E-state index in [9.17, 15) is 8.42 Å². The summed E-state index contributed by atoms with van der Waals surface area (Å²) in [4.78, 5) is 13.5. The number of aryl methyl sites for hydroxylation is 1. The number of ether oxygens (including phenoxy) is 2. The number of rotatable bonds is 7. The number of sulfone groups is 1. The molecule has 4 rings (SSSR count). The minimum absolute atomic E-state index is 0.100. The van der Waals surface area contributed by atoms with Crippen LogP contribution in [0, 0.1) is 6.92 Å². The van der Waals surface area contributed by atoms with Crippen LogP contribution in [0.15, 0.2) is 59.8 Å². The predicted molar refractivity (Wildman–Crippen MR) is 132 cm³/mol. The molecule has 0 spiro atoms. The van der Waals surface area contributed by atoms with Gasteiger partial charge in [-0.2, -0.15) is 0 Å². The topological polar surface area (TPSA) is 103 Å². The van der Waals surface area contributed by atoms with Crippen LogP contribution in [-0.2, 0) is 9.84 Å². The van der Waals surface area contributed by atoms with Crippen LogP contribution in [0.4, 0.5) is 5.82 Å². The van der Waals surface area contributed by atoms with E-state index >= 15 is 0 Å². The number of nitrogens with one attached hydrogen (secondary N) is 1. The van der Waals surface area contributed by atoms with Gasteiger partial charge in [-0.05, 0) is 43.2 Å². The molecule has 0 aliphatic heterocycles. The first kappa shape index (κ1) is 23.4. The largest absolute Gasteiger partial charge is 0.493 e. The summed E-state index contributed by atoms with van der Waals surface area (Å²) in [5.41, 5.74) is 3.36. The summed E-state index contributed by atoms with van der Waals surface area (Å²) in [5.74, 6) is 2.51. The normalized spacial score (nSPS) is 12.4. The predicted octanol–water partition coefficient (Wildman–Crippen LogP) is 4.59. The van der Waals surface area contributed by atoms with Crippen LogP contribution in [0.25, 0.3) is 22.0 Å². The molecular weight excluding hydrogens is 452 g/mol. The van der Waals surface area contributed by atoms with Crippen LogP contribution in [0.1, 0.15) is 24.4 Å². The second kappa shape index (κ2) is 9.26. The van der Waals surface area contributed by atoms with Gasteiger partial charge in [0.1, 0.15) is 11.6 Å². The molecule has 0 radical (unpaired) electrons. The summed E-state index contributed by atoms with van der Waals surface area (Å²) < 4.78 is 34.7. The number of aromatic nitrogens is 3. The van der Waals surface area contributed by atoms with E-state index in [2.05, 4.69) is 20.3 Å². The van der Waals surface area contributed by atoms with E-state index < -0.39 is 9.84 Å². The van der Waals surface area contributed by atoms with Gasteiger partial charge in [-0.15, -0.1) is 0 Å². The molecule has 34 heavy (non-hydrogen) atoms. The fourth-order valence-corrected chi connectivity index (χ4v) is 4.33. The molecule has 0 aliphatic rings. The molecule has 1 atom stereocenters. The molecule has 2 aromatic heterocycles. The molecule has 0 bridgehead atoms. The van der Waals surface area contributed by atoms with E-state index in [1.165, 1.54) is 12.5 Å². The van der Waals surface area contributed by atoms with E-state index in [1.807, 2.05) is 50.2 Å². The molecule has 2 aromatic carbocycles. The van der Waals surface area contributed by atoms with Gasteiger partial charge < -0.3 is 14.8 Å². The number of hydrogen-bond acceptors (Lipinski definition) is 8. The Morgan fingerprint density at radius 2 is 1.68 bits per heavy atom. The molecular formula is C25H26N4O4S. The molecule has 0 fully saturated rings. The second-order valence-corrected chi connectivity index (χ2v) is 10.0. The summed E-state index contributed by atoms with van der Waals surface area (Å²) >= 11 is 0. The second-order valence-electron chi connectivity index (χ2n) is 8.02. The van der Waals surface area contributed by atoms with Crippen molar-refractivity contribution in [1.29, 1.82) is 0 Å². The zero-order valence-corrected chi connectivity index (χ0v) is 20.5. The van der Waals surface area contributed by atoms with Crippen LogP contribution in [-0.4, -0.2) is 43.8 Å². The molecule has 0 saturated heterocycles. The summed E-state index contributed by atoms with van der Waals surface area (Å²) in [7, 11) is -0.163. The van der Waals surface area contributed by atoms with Crippen molar-refractivity contribution in [2.45, 2.75) is 24.8 Å². The van der Waals surface area contributed by atoms with E-state index in [0.717, 1.165) is 27.6 Å².